The number of nitrogen functional groups attached to an aromatic ring is 1. The number of nitrogens with two attached hydrogens (primary N) is 1. The van der Waals surface area contributed by atoms with Crippen LogP contribution in [0.3, 0.4) is 0 Å². The number of carbonyl (C=O) groups is 1. The zero-order chi connectivity index (χ0) is 13.7. The molecule has 1 aromatic rings. The molecule has 2 rings (SSSR count). The minimum Gasteiger partial charge on any atom is -0.399 e. The molecule has 0 spiro atoms. The molecule has 104 valence electrons. The van der Waals surface area contributed by atoms with Crippen molar-refractivity contribution in [3.8, 4) is 0 Å². The fourth-order valence-electron chi connectivity index (χ4n) is 2.50. The molecule has 0 aromatic heterocycles. The Balaban J connectivity index is 1.68. The van der Waals surface area contributed by atoms with E-state index in [0.717, 1.165) is 30.8 Å². The molecule has 1 aliphatic heterocycles. The molecule has 1 saturated heterocycles. The van der Waals surface area contributed by atoms with Gasteiger partial charge in [0.15, 0.2) is 0 Å². The molecule has 1 heterocycles. The Bertz CT molecular complexity index is 416. The van der Waals surface area contributed by atoms with Gasteiger partial charge < -0.3 is 16.0 Å². The molecule has 0 saturated carbocycles. The third-order valence-corrected chi connectivity index (χ3v) is 3.83. The predicted molar refractivity (Wildman–Crippen MR) is 77.8 cm³/mol. The quantitative estimate of drug-likeness (QED) is 0.788. The number of nitrogens with zero attached hydrogens (tertiary/aromatic N) is 1. The van der Waals surface area contributed by atoms with Crippen LogP contribution in [0.25, 0.3) is 0 Å². The Labute approximate surface area is 115 Å². The smallest absolute Gasteiger partial charge is 0.220 e. The number of likely N-dealkylation sites (N-methyl/N-ethyl adjacent to an activating group) is 1. The van der Waals surface area contributed by atoms with E-state index in [1.54, 1.807) is 0 Å². The number of hydrogen-bond donors (Lipinski definition) is 2. The highest BCUT2D eigenvalue weighted by Gasteiger charge is 2.20. The average Bonchev–Trinajstić information content (AvgIpc) is 2.81. The standard InChI is InChI=1S/C15H23N3O/c1-18-10-2-3-14(18)11-17-15(19)9-6-12-4-7-13(16)8-5-12/h4-5,7-8,14H,2-3,6,9-11,16H2,1H3,(H,17,19). The molecule has 1 aromatic carbocycles. The fourth-order valence-corrected chi connectivity index (χ4v) is 2.50. The number of amides is 1. The zero-order valence-corrected chi connectivity index (χ0v) is 11.6. The van der Waals surface area contributed by atoms with E-state index in [1.165, 1.54) is 12.8 Å². The first-order valence-corrected chi connectivity index (χ1v) is 6.96. The summed E-state index contributed by atoms with van der Waals surface area (Å²) in [5.41, 5.74) is 7.55. The maximum Gasteiger partial charge on any atom is 0.220 e. The lowest BCUT2D eigenvalue weighted by atomic mass is 10.1. The van der Waals surface area contributed by atoms with Crippen molar-refractivity contribution in [1.29, 1.82) is 0 Å². The lowest BCUT2D eigenvalue weighted by Crippen LogP contribution is -2.38. The maximum absolute atomic E-state index is 11.8. The number of carbonyl (C=O) groups excluding carboxylic acids is 1. The lowest BCUT2D eigenvalue weighted by Gasteiger charge is -2.19. The Hall–Kier alpha value is -1.55. The van der Waals surface area contributed by atoms with Gasteiger partial charge >= 0.3 is 0 Å². The van der Waals surface area contributed by atoms with Crippen molar-refractivity contribution < 1.29 is 4.79 Å². The number of nitrogens with one attached hydrogen (secondary N) is 1. The highest BCUT2D eigenvalue weighted by atomic mass is 16.1. The second-order valence-electron chi connectivity index (χ2n) is 5.32. The molecular formula is C15H23N3O. The molecule has 0 radical (unpaired) electrons. The normalized spacial score (nSPS) is 19.5. The highest BCUT2D eigenvalue weighted by molar-refractivity contribution is 5.76. The van der Waals surface area contributed by atoms with Gasteiger partial charge in [0.25, 0.3) is 0 Å². The summed E-state index contributed by atoms with van der Waals surface area (Å²) in [6.45, 7) is 1.92. The van der Waals surface area contributed by atoms with E-state index < -0.39 is 0 Å². The van der Waals surface area contributed by atoms with Crippen LogP contribution in [0.2, 0.25) is 0 Å². The van der Waals surface area contributed by atoms with Crippen LogP contribution in [0.15, 0.2) is 24.3 Å². The Kier molecular flexibility index (Phi) is 4.80. The van der Waals surface area contributed by atoms with Crippen LogP contribution < -0.4 is 11.1 Å². The minimum atomic E-state index is 0.136. The van der Waals surface area contributed by atoms with Crippen molar-refractivity contribution in [3.05, 3.63) is 29.8 Å². The number of hydrogen-bond acceptors (Lipinski definition) is 3. The third kappa shape index (κ3) is 4.24. The van der Waals surface area contributed by atoms with Crippen molar-refractivity contribution in [3.63, 3.8) is 0 Å². The van der Waals surface area contributed by atoms with Crippen molar-refractivity contribution in [1.82, 2.24) is 10.2 Å². The molecule has 1 fully saturated rings. The van der Waals surface area contributed by atoms with Gasteiger partial charge in [0.05, 0.1) is 0 Å². The maximum atomic E-state index is 11.8. The van der Waals surface area contributed by atoms with Gasteiger partial charge in [-0.05, 0) is 50.6 Å². The second kappa shape index (κ2) is 6.57. The molecule has 1 atom stereocenters. The molecule has 4 heteroatoms. The molecule has 19 heavy (non-hydrogen) atoms. The van der Waals surface area contributed by atoms with Crippen LogP contribution >= 0.6 is 0 Å². The molecule has 0 aliphatic carbocycles. The summed E-state index contributed by atoms with van der Waals surface area (Å²) < 4.78 is 0. The largest absolute Gasteiger partial charge is 0.399 e. The fraction of sp³-hybridized carbons (Fsp3) is 0.533. The minimum absolute atomic E-state index is 0.136. The second-order valence-corrected chi connectivity index (χ2v) is 5.32. The van der Waals surface area contributed by atoms with E-state index in [-0.39, 0.29) is 5.91 Å². The van der Waals surface area contributed by atoms with Gasteiger partial charge in [0.1, 0.15) is 0 Å². The topological polar surface area (TPSA) is 58.4 Å². The van der Waals surface area contributed by atoms with Gasteiger partial charge in [-0.15, -0.1) is 0 Å². The van der Waals surface area contributed by atoms with Gasteiger partial charge in [-0.2, -0.15) is 0 Å². The van der Waals surface area contributed by atoms with Gasteiger partial charge in [-0.25, -0.2) is 0 Å². The average molecular weight is 261 g/mol. The van der Waals surface area contributed by atoms with E-state index in [2.05, 4.69) is 17.3 Å². The summed E-state index contributed by atoms with van der Waals surface area (Å²) in [6.07, 6.45) is 3.74. The number of benzene rings is 1. The summed E-state index contributed by atoms with van der Waals surface area (Å²) in [5, 5.41) is 3.03. The molecule has 1 aliphatic rings. The van der Waals surface area contributed by atoms with Gasteiger partial charge in [0, 0.05) is 24.7 Å². The monoisotopic (exact) mass is 261 g/mol. The first-order chi connectivity index (χ1) is 9.15. The third-order valence-electron chi connectivity index (χ3n) is 3.83. The molecular weight excluding hydrogens is 238 g/mol. The zero-order valence-electron chi connectivity index (χ0n) is 11.6. The number of anilines is 1. The van der Waals surface area contributed by atoms with Crippen molar-refractivity contribution in [2.45, 2.75) is 31.7 Å². The summed E-state index contributed by atoms with van der Waals surface area (Å²) in [4.78, 5) is 14.1. The van der Waals surface area contributed by atoms with E-state index in [9.17, 15) is 4.79 Å². The predicted octanol–water partition coefficient (Wildman–Crippen LogP) is 1.41. The Morgan fingerprint density at radius 1 is 1.42 bits per heavy atom. The SMILES string of the molecule is CN1CCCC1CNC(=O)CCc1ccc(N)cc1. The van der Waals surface area contributed by atoms with E-state index in [1.807, 2.05) is 24.3 Å². The lowest BCUT2D eigenvalue weighted by molar-refractivity contribution is -0.121. The number of rotatable bonds is 5. The summed E-state index contributed by atoms with van der Waals surface area (Å²) in [7, 11) is 2.12. The summed E-state index contributed by atoms with van der Waals surface area (Å²) >= 11 is 0. The van der Waals surface area contributed by atoms with Crippen molar-refractivity contribution in [2.75, 3.05) is 25.9 Å². The van der Waals surface area contributed by atoms with Crippen LogP contribution in [-0.2, 0) is 11.2 Å². The van der Waals surface area contributed by atoms with E-state index in [0.29, 0.717) is 12.5 Å². The molecule has 3 N–H and O–H groups in total. The molecule has 0 bridgehead atoms. The molecule has 1 unspecified atom stereocenters. The van der Waals surface area contributed by atoms with E-state index >= 15 is 0 Å². The Morgan fingerprint density at radius 3 is 2.79 bits per heavy atom. The van der Waals surface area contributed by atoms with Crippen LogP contribution in [0.1, 0.15) is 24.8 Å². The molecule has 4 nitrogen and oxygen atoms in total. The van der Waals surface area contributed by atoms with E-state index in [4.69, 9.17) is 5.73 Å². The van der Waals surface area contributed by atoms with Crippen LogP contribution in [0, 0.1) is 0 Å². The summed E-state index contributed by atoms with van der Waals surface area (Å²) in [6, 6.07) is 8.22. The van der Waals surface area contributed by atoms with Gasteiger partial charge in [-0.1, -0.05) is 12.1 Å². The van der Waals surface area contributed by atoms with Gasteiger partial charge in [0.2, 0.25) is 5.91 Å². The van der Waals surface area contributed by atoms with Gasteiger partial charge in [-0.3, -0.25) is 4.79 Å². The Morgan fingerprint density at radius 2 is 2.16 bits per heavy atom. The van der Waals surface area contributed by atoms with Crippen LogP contribution in [0.4, 0.5) is 5.69 Å². The van der Waals surface area contributed by atoms with Crippen LogP contribution in [-0.4, -0.2) is 37.0 Å². The highest BCUT2D eigenvalue weighted by Crippen LogP contribution is 2.13. The molecule has 1 amide bonds. The number of likely N-dealkylation sites (tertiary alicyclic amines) is 1. The summed E-state index contributed by atoms with van der Waals surface area (Å²) in [5.74, 6) is 0.136. The van der Waals surface area contributed by atoms with Crippen molar-refractivity contribution >= 4 is 11.6 Å². The van der Waals surface area contributed by atoms with Crippen molar-refractivity contribution in [2.24, 2.45) is 0 Å². The first kappa shape index (κ1) is 13.9. The first-order valence-electron chi connectivity index (χ1n) is 6.96. The van der Waals surface area contributed by atoms with Crippen LogP contribution in [0.5, 0.6) is 0 Å². The number of aryl methyl sites for hydroxylation is 1.